The summed E-state index contributed by atoms with van der Waals surface area (Å²) >= 11 is 0. The molecular weight excluding hydrogens is 318 g/mol. The predicted molar refractivity (Wildman–Crippen MR) is 84.2 cm³/mol. The molecule has 1 aromatic rings. The fraction of sp³-hybridized carbons (Fsp3) is 0.312. The number of esters is 2. The van der Waals surface area contributed by atoms with E-state index in [1.807, 2.05) is 6.92 Å². The van der Waals surface area contributed by atoms with Crippen molar-refractivity contribution in [1.82, 2.24) is 0 Å². The van der Waals surface area contributed by atoms with Gasteiger partial charge in [-0.25, -0.2) is 14.8 Å². The number of hydroxylamine groups is 1. The van der Waals surface area contributed by atoms with Crippen LogP contribution in [0.2, 0.25) is 0 Å². The van der Waals surface area contributed by atoms with Crippen LogP contribution in [0.3, 0.4) is 0 Å². The third-order valence-electron chi connectivity index (χ3n) is 3.16. The zero-order chi connectivity index (χ0) is 18.3. The van der Waals surface area contributed by atoms with Gasteiger partial charge in [0.15, 0.2) is 5.57 Å². The number of aryl methyl sites for hydroxylation is 1. The number of nitrogens with zero attached hydrogens (tertiary/aromatic N) is 1. The van der Waals surface area contributed by atoms with Crippen LogP contribution in [0.1, 0.15) is 18.1 Å². The van der Waals surface area contributed by atoms with E-state index >= 15 is 0 Å². The molecule has 1 rings (SSSR count). The molecule has 0 spiro atoms. The van der Waals surface area contributed by atoms with Gasteiger partial charge in [0, 0.05) is 18.6 Å². The van der Waals surface area contributed by atoms with Crippen LogP contribution in [0.5, 0.6) is 0 Å². The molecule has 0 fully saturated rings. The Hall–Kier alpha value is -2.71. The molecule has 1 unspecified atom stereocenters. The first-order valence-electron chi connectivity index (χ1n) is 6.94. The van der Waals surface area contributed by atoms with Gasteiger partial charge in [0.25, 0.3) is 6.23 Å². The van der Waals surface area contributed by atoms with Crippen LogP contribution >= 0.6 is 0 Å². The minimum atomic E-state index is -1.27. The molecule has 0 saturated heterocycles. The van der Waals surface area contributed by atoms with Crippen LogP contribution in [0.4, 0.5) is 0 Å². The fourth-order valence-corrected chi connectivity index (χ4v) is 1.80. The van der Waals surface area contributed by atoms with Gasteiger partial charge in [0.05, 0.1) is 14.2 Å². The monoisotopic (exact) mass is 337 g/mol. The molecule has 0 bridgehead atoms. The number of carbonyl (C=O) groups excluding carboxylic acids is 2. The minimum Gasteiger partial charge on any atom is -0.621 e. The topological polar surface area (TPSA) is 108 Å². The van der Waals surface area contributed by atoms with Crippen molar-refractivity contribution in [3.8, 4) is 0 Å². The standard InChI is InChI=1S/C16H19NO7/c1-10-5-7-12(8-6-10)14(17(20)11(2)24-21)9-13(15(18)22-3)16(19)23-4/h5-9,11,21H,1-4H3/b17-14+. The smallest absolute Gasteiger partial charge is 0.345 e. The summed E-state index contributed by atoms with van der Waals surface area (Å²) in [6, 6.07) is 6.75. The molecule has 8 nitrogen and oxygen atoms in total. The first kappa shape index (κ1) is 19.3. The maximum Gasteiger partial charge on any atom is 0.345 e. The molecule has 0 aromatic heterocycles. The van der Waals surface area contributed by atoms with Crippen LogP contribution < -0.4 is 0 Å². The lowest BCUT2D eigenvalue weighted by Gasteiger charge is -2.13. The molecule has 0 amide bonds. The van der Waals surface area contributed by atoms with Crippen LogP contribution in [0.25, 0.3) is 0 Å². The number of methoxy groups -OCH3 is 2. The normalized spacial score (nSPS) is 12.7. The van der Waals surface area contributed by atoms with Gasteiger partial charge in [-0.3, -0.25) is 0 Å². The third-order valence-corrected chi connectivity index (χ3v) is 3.16. The molecule has 0 radical (unpaired) electrons. The van der Waals surface area contributed by atoms with Crippen molar-refractivity contribution in [3.05, 3.63) is 52.2 Å². The van der Waals surface area contributed by atoms with Gasteiger partial charge in [0.1, 0.15) is 0 Å². The molecule has 24 heavy (non-hydrogen) atoms. The molecular formula is C16H19NO7. The first-order valence-corrected chi connectivity index (χ1v) is 6.94. The highest BCUT2D eigenvalue weighted by Crippen LogP contribution is 2.11. The van der Waals surface area contributed by atoms with E-state index in [1.165, 1.54) is 6.92 Å². The Labute approximate surface area is 139 Å². The summed E-state index contributed by atoms with van der Waals surface area (Å²) in [5.74, 6) is -1.92. The van der Waals surface area contributed by atoms with Crippen LogP contribution in [-0.2, 0) is 24.0 Å². The minimum absolute atomic E-state index is 0.0812. The maximum absolute atomic E-state index is 12.4. The lowest BCUT2D eigenvalue weighted by atomic mass is 10.0. The Morgan fingerprint density at radius 1 is 1.17 bits per heavy atom. The van der Waals surface area contributed by atoms with E-state index in [9.17, 15) is 14.8 Å². The second-order valence-electron chi connectivity index (χ2n) is 4.82. The number of benzene rings is 1. The van der Waals surface area contributed by atoms with E-state index in [0.29, 0.717) is 10.3 Å². The molecule has 1 N–H and O–H groups in total. The van der Waals surface area contributed by atoms with Crippen molar-refractivity contribution >= 4 is 17.7 Å². The summed E-state index contributed by atoms with van der Waals surface area (Å²) in [6.45, 7) is 3.16. The Morgan fingerprint density at radius 3 is 2.08 bits per heavy atom. The van der Waals surface area contributed by atoms with E-state index in [0.717, 1.165) is 25.9 Å². The largest absolute Gasteiger partial charge is 0.621 e. The summed E-state index contributed by atoms with van der Waals surface area (Å²) in [6.07, 6.45) is -0.237. The lowest BCUT2D eigenvalue weighted by Crippen LogP contribution is -2.28. The molecule has 0 heterocycles. The van der Waals surface area contributed by atoms with E-state index in [-0.39, 0.29) is 5.71 Å². The van der Waals surface area contributed by atoms with Crippen molar-refractivity contribution in [2.75, 3.05) is 14.2 Å². The zero-order valence-electron chi connectivity index (χ0n) is 13.8. The van der Waals surface area contributed by atoms with E-state index in [4.69, 9.17) is 5.26 Å². The van der Waals surface area contributed by atoms with E-state index in [2.05, 4.69) is 14.4 Å². The van der Waals surface area contributed by atoms with Crippen molar-refractivity contribution < 1.29 is 33.9 Å². The summed E-state index contributed by atoms with van der Waals surface area (Å²) < 4.78 is 9.39. The number of rotatable bonds is 6. The highest BCUT2D eigenvalue weighted by Gasteiger charge is 2.25. The number of allylic oxidation sites excluding steroid dienone is 1. The highest BCUT2D eigenvalue weighted by atomic mass is 17.1. The fourth-order valence-electron chi connectivity index (χ4n) is 1.80. The van der Waals surface area contributed by atoms with Crippen molar-refractivity contribution in [1.29, 1.82) is 0 Å². The van der Waals surface area contributed by atoms with Gasteiger partial charge in [-0.1, -0.05) is 17.7 Å². The molecule has 130 valence electrons. The van der Waals surface area contributed by atoms with Crippen LogP contribution in [-0.4, -0.2) is 48.1 Å². The second kappa shape index (κ2) is 8.80. The Morgan fingerprint density at radius 2 is 1.67 bits per heavy atom. The Kier molecular flexibility index (Phi) is 7.09. The van der Waals surface area contributed by atoms with Crippen LogP contribution in [0, 0.1) is 12.1 Å². The Balaban J connectivity index is 3.57. The lowest BCUT2D eigenvalue weighted by molar-refractivity contribution is -0.595. The van der Waals surface area contributed by atoms with E-state index < -0.39 is 23.7 Å². The summed E-state index contributed by atoms with van der Waals surface area (Å²) in [5, 5.41) is 21.1. The van der Waals surface area contributed by atoms with Gasteiger partial charge in [-0.05, 0) is 19.1 Å². The number of carbonyl (C=O) groups is 2. The molecule has 1 aromatic carbocycles. The van der Waals surface area contributed by atoms with Crippen LogP contribution in [0.15, 0.2) is 35.9 Å². The molecule has 0 aliphatic heterocycles. The summed E-state index contributed by atoms with van der Waals surface area (Å²) in [4.78, 5) is 27.6. The van der Waals surface area contributed by atoms with Gasteiger partial charge >= 0.3 is 11.9 Å². The molecule has 0 saturated carbocycles. The molecule has 1 atom stereocenters. The quantitative estimate of drug-likeness (QED) is 0.0798. The number of hydrogen-bond donors (Lipinski definition) is 1. The average molecular weight is 337 g/mol. The third kappa shape index (κ3) is 4.64. The SMILES string of the molecule is COC(=O)C(=C/C(c1ccc(C)cc1)=[N+](\[O-])C(C)OO)C(=O)OC. The molecule has 8 heteroatoms. The second-order valence-corrected chi connectivity index (χ2v) is 4.82. The Bertz CT molecular complexity index is 644. The number of ether oxygens (including phenoxy) is 2. The van der Waals surface area contributed by atoms with E-state index in [1.54, 1.807) is 24.3 Å². The average Bonchev–Trinajstić information content (AvgIpc) is 2.61. The van der Waals surface area contributed by atoms with Gasteiger partial charge in [-0.2, -0.15) is 9.63 Å². The predicted octanol–water partition coefficient (Wildman–Crippen LogP) is 1.40. The maximum atomic E-state index is 12.4. The van der Waals surface area contributed by atoms with Crippen molar-refractivity contribution in [2.24, 2.45) is 0 Å². The van der Waals surface area contributed by atoms with Gasteiger partial charge in [0.2, 0.25) is 5.71 Å². The van der Waals surface area contributed by atoms with Crippen molar-refractivity contribution in [2.45, 2.75) is 20.1 Å². The summed E-state index contributed by atoms with van der Waals surface area (Å²) in [5.41, 5.74) is 0.806. The summed E-state index contributed by atoms with van der Waals surface area (Å²) in [7, 11) is 2.19. The van der Waals surface area contributed by atoms with Gasteiger partial charge < -0.3 is 14.7 Å². The molecule has 0 aliphatic rings. The zero-order valence-corrected chi connectivity index (χ0v) is 13.8. The highest BCUT2D eigenvalue weighted by molar-refractivity contribution is 6.20. The van der Waals surface area contributed by atoms with Crippen molar-refractivity contribution in [3.63, 3.8) is 0 Å². The first-order chi connectivity index (χ1) is 11.3. The molecule has 0 aliphatic carbocycles. The van der Waals surface area contributed by atoms with Gasteiger partial charge in [-0.15, -0.1) is 0 Å². The number of hydrogen-bond acceptors (Lipinski definition) is 7.